The molecule has 0 rings (SSSR count). The molecule has 6 nitrogen and oxygen atoms in total. The molecule has 6 heteroatoms. The number of unbranched alkanes of at least 4 members (excludes halogenated alkanes) is 9. The Morgan fingerprint density at radius 3 is 1.00 bits per heavy atom. The van der Waals surface area contributed by atoms with E-state index in [2.05, 4.69) is 36.9 Å². The lowest BCUT2D eigenvalue weighted by Gasteiger charge is -2.19. The highest BCUT2D eigenvalue weighted by atomic mass is 16.2. The van der Waals surface area contributed by atoms with Crippen molar-refractivity contribution in [3.63, 3.8) is 0 Å². The minimum absolute atomic E-state index is 0.0461. The molecule has 32 heavy (non-hydrogen) atoms. The van der Waals surface area contributed by atoms with Crippen LogP contribution in [0.4, 0.5) is 9.59 Å². The van der Waals surface area contributed by atoms with Gasteiger partial charge >= 0.3 is 12.1 Å². The lowest BCUT2D eigenvalue weighted by Crippen LogP contribution is -2.40. The van der Waals surface area contributed by atoms with Crippen LogP contribution < -0.4 is 10.6 Å². The highest BCUT2D eigenvalue weighted by Gasteiger charge is 2.09. The first kappa shape index (κ1) is 29.5. The van der Waals surface area contributed by atoms with Gasteiger partial charge in [0, 0.05) is 39.3 Å². The van der Waals surface area contributed by atoms with E-state index in [0.717, 1.165) is 38.8 Å². The van der Waals surface area contributed by atoms with E-state index in [1.165, 1.54) is 38.5 Å². The Morgan fingerprint density at radius 1 is 0.500 bits per heavy atom. The minimum Gasteiger partial charge on any atom is -0.338 e. The largest absolute Gasteiger partial charge is 0.338 e. The zero-order valence-corrected chi connectivity index (χ0v) is 20.2. The van der Waals surface area contributed by atoms with Crippen molar-refractivity contribution in [3.05, 3.63) is 50.6 Å². The van der Waals surface area contributed by atoms with E-state index < -0.39 is 0 Å². The van der Waals surface area contributed by atoms with Crippen molar-refractivity contribution in [1.82, 2.24) is 20.4 Å². The number of carbonyl (C=O) groups excluding carboxylic acids is 2. The van der Waals surface area contributed by atoms with Gasteiger partial charge in [0.05, 0.1) is 0 Å². The van der Waals surface area contributed by atoms with Crippen LogP contribution in [0, 0.1) is 0 Å². The second-order valence-corrected chi connectivity index (χ2v) is 7.96. The summed E-state index contributed by atoms with van der Waals surface area (Å²) in [5.74, 6) is 0. The Hall–Kier alpha value is -2.50. The standard InChI is InChI=1S/C26H46N4O2/c1-5-21-29(22-6-2)25(31)27-19-17-15-13-11-9-10-12-14-16-18-20-28-26(32)30(23-7-3)24-8-4/h5-8H,1-4,9-24H2,(H,27,31)(H,28,32). The number of hydrogen-bond donors (Lipinski definition) is 2. The molecule has 0 aliphatic carbocycles. The molecule has 0 aliphatic heterocycles. The predicted octanol–water partition coefficient (Wildman–Crippen LogP) is 5.65. The molecule has 2 N–H and O–H groups in total. The van der Waals surface area contributed by atoms with Crippen molar-refractivity contribution in [2.45, 2.75) is 64.2 Å². The molecular weight excluding hydrogens is 400 g/mol. The fourth-order valence-corrected chi connectivity index (χ4v) is 3.38. The summed E-state index contributed by atoms with van der Waals surface area (Å²) in [6.45, 7) is 18.3. The van der Waals surface area contributed by atoms with Gasteiger partial charge < -0.3 is 20.4 Å². The summed E-state index contributed by atoms with van der Waals surface area (Å²) in [6, 6.07) is -0.0922. The second kappa shape index (κ2) is 21.7. The number of nitrogens with zero attached hydrogens (tertiary/aromatic N) is 2. The zero-order valence-electron chi connectivity index (χ0n) is 20.2. The first-order chi connectivity index (χ1) is 15.6. The van der Waals surface area contributed by atoms with Crippen LogP contribution in [0.25, 0.3) is 0 Å². The SMILES string of the molecule is C=CCN(CC=C)C(=O)NCCCCCCCCCCCCNC(=O)N(CC=C)CC=C. The summed E-state index contributed by atoms with van der Waals surface area (Å²) in [5.41, 5.74) is 0. The maximum atomic E-state index is 12.0. The number of carbonyl (C=O) groups is 2. The van der Waals surface area contributed by atoms with Crippen LogP contribution in [-0.4, -0.2) is 61.1 Å². The van der Waals surface area contributed by atoms with Crippen molar-refractivity contribution in [1.29, 1.82) is 0 Å². The third kappa shape index (κ3) is 16.2. The maximum absolute atomic E-state index is 12.0. The van der Waals surface area contributed by atoms with Crippen LogP contribution in [0.2, 0.25) is 0 Å². The number of amides is 4. The summed E-state index contributed by atoms with van der Waals surface area (Å²) in [7, 11) is 0. The number of nitrogens with one attached hydrogen (secondary N) is 2. The first-order valence-corrected chi connectivity index (χ1v) is 12.1. The van der Waals surface area contributed by atoms with Crippen molar-refractivity contribution in [2.75, 3.05) is 39.3 Å². The third-order valence-electron chi connectivity index (χ3n) is 5.13. The number of rotatable bonds is 21. The monoisotopic (exact) mass is 446 g/mol. The summed E-state index contributed by atoms with van der Waals surface area (Å²) >= 11 is 0. The molecule has 4 amide bonds. The molecular formula is C26H46N4O2. The number of urea groups is 2. The molecule has 0 aromatic rings. The fraction of sp³-hybridized carbons (Fsp3) is 0.615. The van der Waals surface area contributed by atoms with Crippen LogP contribution >= 0.6 is 0 Å². The Morgan fingerprint density at radius 2 is 0.750 bits per heavy atom. The van der Waals surface area contributed by atoms with Gasteiger partial charge in [-0.3, -0.25) is 0 Å². The van der Waals surface area contributed by atoms with E-state index in [1.807, 2.05) is 0 Å². The van der Waals surface area contributed by atoms with Crippen LogP contribution in [-0.2, 0) is 0 Å². The summed E-state index contributed by atoms with van der Waals surface area (Å²) in [5, 5.41) is 5.93. The van der Waals surface area contributed by atoms with E-state index in [-0.39, 0.29) is 12.1 Å². The summed E-state index contributed by atoms with van der Waals surface area (Å²) < 4.78 is 0. The fourth-order valence-electron chi connectivity index (χ4n) is 3.38. The van der Waals surface area contributed by atoms with Gasteiger partial charge in [-0.25, -0.2) is 9.59 Å². The smallest absolute Gasteiger partial charge is 0.317 e. The van der Waals surface area contributed by atoms with E-state index >= 15 is 0 Å². The van der Waals surface area contributed by atoms with E-state index in [0.29, 0.717) is 26.2 Å². The van der Waals surface area contributed by atoms with E-state index in [4.69, 9.17) is 0 Å². The van der Waals surface area contributed by atoms with Crippen molar-refractivity contribution >= 4 is 12.1 Å². The summed E-state index contributed by atoms with van der Waals surface area (Å²) in [6.07, 6.45) is 18.7. The van der Waals surface area contributed by atoms with Gasteiger partial charge in [-0.1, -0.05) is 75.7 Å². The average Bonchev–Trinajstić information content (AvgIpc) is 2.78. The average molecular weight is 447 g/mol. The van der Waals surface area contributed by atoms with Gasteiger partial charge in [-0.2, -0.15) is 0 Å². The molecule has 0 saturated heterocycles. The first-order valence-electron chi connectivity index (χ1n) is 12.1. The Kier molecular flexibility index (Phi) is 20.0. The molecule has 0 aliphatic rings. The highest BCUT2D eigenvalue weighted by Crippen LogP contribution is 2.10. The lowest BCUT2D eigenvalue weighted by atomic mass is 10.1. The second-order valence-electron chi connectivity index (χ2n) is 7.96. The molecule has 0 spiro atoms. The number of hydrogen-bond acceptors (Lipinski definition) is 2. The van der Waals surface area contributed by atoms with Crippen LogP contribution in [0.5, 0.6) is 0 Å². The van der Waals surface area contributed by atoms with Gasteiger partial charge in [-0.15, -0.1) is 26.3 Å². The lowest BCUT2D eigenvalue weighted by molar-refractivity contribution is 0.207. The molecule has 0 saturated carbocycles. The molecule has 0 bridgehead atoms. The van der Waals surface area contributed by atoms with Gasteiger partial charge in [-0.05, 0) is 12.8 Å². The zero-order chi connectivity index (χ0) is 23.9. The highest BCUT2D eigenvalue weighted by molar-refractivity contribution is 5.74. The molecule has 0 aromatic heterocycles. The molecule has 0 unspecified atom stereocenters. The molecule has 0 heterocycles. The maximum Gasteiger partial charge on any atom is 0.317 e. The van der Waals surface area contributed by atoms with E-state index in [1.54, 1.807) is 34.1 Å². The van der Waals surface area contributed by atoms with Crippen molar-refractivity contribution < 1.29 is 9.59 Å². The van der Waals surface area contributed by atoms with E-state index in [9.17, 15) is 9.59 Å². The Labute approximate surface area is 196 Å². The van der Waals surface area contributed by atoms with Crippen molar-refractivity contribution in [2.24, 2.45) is 0 Å². The Balaban J connectivity index is 3.51. The molecule has 182 valence electrons. The topological polar surface area (TPSA) is 64.7 Å². The predicted molar refractivity (Wildman–Crippen MR) is 137 cm³/mol. The summed E-state index contributed by atoms with van der Waals surface area (Å²) in [4.78, 5) is 27.4. The van der Waals surface area contributed by atoms with Gasteiger partial charge in [0.15, 0.2) is 0 Å². The molecule has 0 atom stereocenters. The van der Waals surface area contributed by atoms with Crippen LogP contribution in [0.1, 0.15) is 64.2 Å². The molecule has 0 radical (unpaired) electrons. The van der Waals surface area contributed by atoms with Gasteiger partial charge in [0.25, 0.3) is 0 Å². The Bertz CT molecular complexity index is 480. The normalized spacial score (nSPS) is 10.1. The van der Waals surface area contributed by atoms with Crippen LogP contribution in [0.15, 0.2) is 50.6 Å². The van der Waals surface area contributed by atoms with Crippen molar-refractivity contribution in [3.8, 4) is 0 Å². The third-order valence-corrected chi connectivity index (χ3v) is 5.13. The van der Waals surface area contributed by atoms with Gasteiger partial charge in [0.2, 0.25) is 0 Å². The molecule has 0 aromatic carbocycles. The van der Waals surface area contributed by atoms with Gasteiger partial charge in [0.1, 0.15) is 0 Å². The quantitative estimate of drug-likeness (QED) is 0.177. The minimum atomic E-state index is -0.0461. The van der Waals surface area contributed by atoms with Crippen LogP contribution in [0.3, 0.4) is 0 Å². The molecule has 0 fully saturated rings.